The minimum atomic E-state index is 0. The fourth-order valence-electron chi connectivity index (χ4n) is 0.393. The molecule has 0 aromatic rings. The molecule has 1 rings (SSSR count). The first-order valence-corrected chi connectivity index (χ1v) is 1.82. The van der Waals surface area contributed by atoms with E-state index in [0.29, 0.717) is 0 Å². The van der Waals surface area contributed by atoms with Gasteiger partial charge in [-0.15, -0.1) is 0 Å². The number of rotatable bonds is 0. The van der Waals surface area contributed by atoms with Crippen LogP contribution in [0.25, 0.3) is 0 Å². The van der Waals surface area contributed by atoms with Crippen molar-refractivity contribution in [2.24, 2.45) is 0 Å². The summed E-state index contributed by atoms with van der Waals surface area (Å²) in [6, 6.07) is 0. The second kappa shape index (κ2) is 16.1. The van der Waals surface area contributed by atoms with Gasteiger partial charge in [0.15, 0.2) is 0 Å². The quantitative estimate of drug-likeness (QED) is 0.407. The van der Waals surface area contributed by atoms with Crippen LogP contribution >= 0.6 is 0 Å². The van der Waals surface area contributed by atoms with Crippen molar-refractivity contribution in [3.63, 3.8) is 0 Å². The van der Waals surface area contributed by atoms with Crippen molar-refractivity contribution in [3.05, 3.63) is 24.3 Å². The smallest absolute Gasteiger partial charge is 1.00 e. The summed E-state index contributed by atoms with van der Waals surface area (Å²) in [5.74, 6) is 0. The summed E-state index contributed by atoms with van der Waals surface area (Å²) in [7, 11) is 0. The van der Waals surface area contributed by atoms with Gasteiger partial charge in [-0.05, 0) is 6.42 Å². The Morgan fingerprint density at radius 3 is 1.22 bits per heavy atom. The molecule has 1 aliphatic carbocycles. The molecule has 51 valence electrons. The molecule has 4 heteroatoms. The average Bonchev–Trinajstić information content (AvgIpc) is 1.76. The molecule has 9 heavy (non-hydrogen) atoms. The van der Waals surface area contributed by atoms with Crippen LogP contribution in [0.1, 0.15) is 6.42 Å². The van der Waals surface area contributed by atoms with Crippen LogP contribution in [0.4, 0.5) is 0 Å². The van der Waals surface area contributed by atoms with Gasteiger partial charge in [0.25, 0.3) is 0 Å². The molecule has 0 aliphatic heterocycles. The molecule has 0 amide bonds. The third-order valence-electron chi connectivity index (χ3n) is 0.655. The van der Waals surface area contributed by atoms with Crippen LogP contribution < -0.4 is 37.2 Å². The van der Waals surface area contributed by atoms with E-state index in [-0.39, 0.29) is 63.4 Å². The van der Waals surface area contributed by atoms with Crippen molar-refractivity contribution in [3.8, 4) is 0 Å². The summed E-state index contributed by atoms with van der Waals surface area (Å²) in [6.07, 6.45) is 9.50. The second-order valence-corrected chi connectivity index (χ2v) is 1.09. The molecule has 0 saturated heterocycles. The van der Waals surface area contributed by atoms with E-state index in [4.69, 9.17) is 0 Å². The van der Waals surface area contributed by atoms with E-state index in [2.05, 4.69) is 24.3 Å². The van der Waals surface area contributed by atoms with E-state index in [1.54, 1.807) is 0 Å². The van der Waals surface area contributed by atoms with E-state index in [1.165, 1.54) is 0 Å². The van der Waals surface area contributed by atoms with Crippen molar-refractivity contribution in [1.82, 2.24) is 0 Å². The number of allylic oxidation sites excluding steroid dienone is 4. The van der Waals surface area contributed by atoms with Crippen LogP contribution in [0.5, 0.6) is 0 Å². The van der Waals surface area contributed by atoms with Crippen molar-refractivity contribution in [2.75, 3.05) is 0 Å². The van der Waals surface area contributed by atoms with Crippen LogP contribution in [0.3, 0.4) is 0 Å². The molecular formula is C5H6Cl3Zr. The predicted molar refractivity (Wildman–Crippen MR) is 22.9 cm³/mol. The average molecular weight is 264 g/mol. The molecule has 0 fully saturated rings. The van der Waals surface area contributed by atoms with E-state index < -0.39 is 0 Å². The Hall–Kier alpha value is 1.23. The van der Waals surface area contributed by atoms with Gasteiger partial charge in [0.1, 0.15) is 0 Å². The molecule has 1 aliphatic rings. The summed E-state index contributed by atoms with van der Waals surface area (Å²) in [5, 5.41) is 0. The Balaban J connectivity index is -0.0000000312. The maximum Gasteiger partial charge on any atom is 3.00 e. The van der Waals surface area contributed by atoms with Gasteiger partial charge in [-0.1, -0.05) is 24.3 Å². The molecule has 0 unspecified atom stereocenters. The summed E-state index contributed by atoms with van der Waals surface area (Å²) < 4.78 is 0. The van der Waals surface area contributed by atoms with Gasteiger partial charge in [-0.25, -0.2) is 0 Å². The van der Waals surface area contributed by atoms with Crippen LogP contribution in [0, 0.1) is 0 Å². The minimum Gasteiger partial charge on any atom is -1.00 e. The minimum absolute atomic E-state index is 0. The molecule has 0 aromatic heterocycles. The van der Waals surface area contributed by atoms with Crippen LogP contribution in [-0.4, -0.2) is 0 Å². The molecule has 1 radical (unpaired) electrons. The number of hydrogen-bond acceptors (Lipinski definition) is 0. The molecule has 0 heterocycles. The SMILES string of the molecule is C1=CCC=C1.[Cl-].[Cl-].[Cl-].[Zr+3]. The molecule has 0 nitrogen and oxygen atoms in total. The Morgan fingerprint density at radius 2 is 1.11 bits per heavy atom. The number of hydrogen-bond donors (Lipinski definition) is 0. The van der Waals surface area contributed by atoms with Gasteiger partial charge in [0.05, 0.1) is 0 Å². The molecule has 0 N–H and O–H groups in total. The Bertz CT molecular complexity index is 70.3. The second-order valence-electron chi connectivity index (χ2n) is 1.09. The first kappa shape index (κ1) is 22.5. The van der Waals surface area contributed by atoms with Crippen molar-refractivity contribution >= 4 is 0 Å². The number of halogens is 3. The monoisotopic (exact) mass is 261 g/mol. The normalized spacial score (nSPS) is 9.78. The Labute approximate surface area is 93.5 Å². The molecule has 0 bridgehead atoms. The van der Waals surface area contributed by atoms with E-state index in [9.17, 15) is 0 Å². The first-order valence-electron chi connectivity index (χ1n) is 1.82. The van der Waals surface area contributed by atoms with Gasteiger partial charge >= 0.3 is 26.2 Å². The first-order chi connectivity index (χ1) is 2.50. The maximum absolute atomic E-state index is 2.12. The zero-order valence-electron chi connectivity index (χ0n) is 4.65. The van der Waals surface area contributed by atoms with Crippen molar-refractivity contribution in [1.29, 1.82) is 0 Å². The van der Waals surface area contributed by atoms with Gasteiger partial charge in [0.2, 0.25) is 0 Å². The van der Waals surface area contributed by atoms with Crippen LogP contribution in [0.15, 0.2) is 24.3 Å². The Kier molecular flexibility index (Phi) is 40.2. The van der Waals surface area contributed by atoms with Crippen LogP contribution in [-0.2, 0) is 26.2 Å². The molecular weight excluding hydrogens is 258 g/mol. The molecule has 0 saturated carbocycles. The van der Waals surface area contributed by atoms with Crippen LogP contribution in [0.2, 0.25) is 0 Å². The fourth-order valence-corrected chi connectivity index (χ4v) is 0.393. The zero-order chi connectivity index (χ0) is 3.54. The summed E-state index contributed by atoms with van der Waals surface area (Å²) in [5.41, 5.74) is 0. The molecule has 0 aromatic carbocycles. The summed E-state index contributed by atoms with van der Waals surface area (Å²) in [6.45, 7) is 0. The van der Waals surface area contributed by atoms with Crippen molar-refractivity contribution in [2.45, 2.75) is 6.42 Å². The van der Waals surface area contributed by atoms with Gasteiger partial charge in [-0.3, -0.25) is 0 Å². The van der Waals surface area contributed by atoms with E-state index >= 15 is 0 Å². The largest absolute Gasteiger partial charge is 3.00 e. The van der Waals surface area contributed by atoms with Crippen molar-refractivity contribution < 1.29 is 63.4 Å². The fraction of sp³-hybridized carbons (Fsp3) is 0.200. The third-order valence-corrected chi connectivity index (χ3v) is 0.655. The van der Waals surface area contributed by atoms with E-state index in [0.717, 1.165) is 6.42 Å². The van der Waals surface area contributed by atoms with Gasteiger partial charge in [0, 0.05) is 0 Å². The predicted octanol–water partition coefficient (Wildman–Crippen LogP) is -7.49. The summed E-state index contributed by atoms with van der Waals surface area (Å²) >= 11 is 0. The third kappa shape index (κ3) is 12.4. The van der Waals surface area contributed by atoms with Gasteiger partial charge < -0.3 is 37.2 Å². The topological polar surface area (TPSA) is 0 Å². The zero-order valence-corrected chi connectivity index (χ0v) is 9.38. The van der Waals surface area contributed by atoms with Gasteiger partial charge in [-0.2, -0.15) is 0 Å². The maximum atomic E-state index is 2.12. The van der Waals surface area contributed by atoms with E-state index in [1.807, 2.05) is 0 Å². The standard InChI is InChI=1S/C5H6.3ClH.Zr/c1-2-4-5-3-1;;;;/h1-4H,5H2;3*1H;/q;;;;+3/p-3. The Morgan fingerprint density at radius 1 is 0.778 bits per heavy atom. The molecule has 0 spiro atoms. The summed E-state index contributed by atoms with van der Waals surface area (Å²) in [4.78, 5) is 0. The molecule has 0 atom stereocenters.